The van der Waals surface area contributed by atoms with Crippen molar-refractivity contribution in [2.75, 3.05) is 18.4 Å². The molecule has 1 saturated heterocycles. The van der Waals surface area contributed by atoms with Crippen molar-refractivity contribution in [3.8, 4) is 10.8 Å². The number of benzene rings is 1. The third-order valence-electron chi connectivity index (χ3n) is 4.78. The van der Waals surface area contributed by atoms with Gasteiger partial charge < -0.3 is 0 Å². The van der Waals surface area contributed by atoms with Gasteiger partial charge in [-0.2, -0.15) is 4.31 Å². The van der Waals surface area contributed by atoms with Crippen molar-refractivity contribution < 1.29 is 13.2 Å². The number of hydrogen-bond acceptors (Lipinski definition) is 9. The van der Waals surface area contributed by atoms with Crippen LogP contribution in [0.4, 0.5) is 5.13 Å². The van der Waals surface area contributed by atoms with Gasteiger partial charge in [0.1, 0.15) is 5.69 Å². The Kier molecular flexibility index (Phi) is 5.22. The van der Waals surface area contributed by atoms with Crippen LogP contribution in [0.5, 0.6) is 0 Å². The van der Waals surface area contributed by atoms with Crippen molar-refractivity contribution in [2.24, 2.45) is 0 Å². The summed E-state index contributed by atoms with van der Waals surface area (Å²) in [7, 11) is -3.51. The molecule has 1 amide bonds. The molecule has 4 aromatic rings. The molecule has 1 aliphatic heterocycles. The Morgan fingerprint density at radius 2 is 1.87 bits per heavy atom. The fourth-order valence-corrected chi connectivity index (χ4v) is 6.51. The Morgan fingerprint density at radius 3 is 2.65 bits per heavy atom. The molecular formula is C19H16N6O3S3. The number of sulfonamides is 1. The highest BCUT2D eigenvalue weighted by Crippen LogP contribution is 2.30. The molecule has 12 heteroatoms. The summed E-state index contributed by atoms with van der Waals surface area (Å²) >= 11 is 2.50. The highest BCUT2D eigenvalue weighted by Gasteiger charge is 2.27. The Labute approximate surface area is 185 Å². The first-order chi connectivity index (χ1) is 15.0. The van der Waals surface area contributed by atoms with E-state index in [-0.39, 0.29) is 10.6 Å². The minimum atomic E-state index is -3.51. The number of carbonyl (C=O) groups excluding carboxylic acids is 1. The van der Waals surface area contributed by atoms with Crippen LogP contribution >= 0.6 is 22.7 Å². The van der Waals surface area contributed by atoms with Gasteiger partial charge in [-0.3, -0.25) is 10.1 Å². The molecule has 0 unspecified atom stereocenters. The van der Waals surface area contributed by atoms with Crippen LogP contribution in [0.1, 0.15) is 23.3 Å². The van der Waals surface area contributed by atoms with Gasteiger partial charge in [0.05, 0.1) is 15.1 Å². The Hall–Kier alpha value is -2.80. The first kappa shape index (κ1) is 20.1. The second kappa shape index (κ2) is 8.04. The summed E-state index contributed by atoms with van der Waals surface area (Å²) in [4.78, 5) is 29.8. The molecule has 5 rings (SSSR count). The predicted molar refractivity (Wildman–Crippen MR) is 119 cm³/mol. The monoisotopic (exact) mass is 472 g/mol. The Bertz CT molecular complexity index is 1360. The Balaban J connectivity index is 1.36. The van der Waals surface area contributed by atoms with E-state index in [4.69, 9.17) is 0 Å². The topological polar surface area (TPSA) is 118 Å². The maximum absolute atomic E-state index is 12.8. The number of nitrogens with one attached hydrogen (secondary N) is 1. The third-order valence-corrected chi connectivity index (χ3v) is 8.44. The molecule has 1 N–H and O–H groups in total. The summed E-state index contributed by atoms with van der Waals surface area (Å²) in [6, 6.07) is 6.55. The lowest BCUT2D eigenvalue weighted by Gasteiger charge is -2.15. The fourth-order valence-electron chi connectivity index (χ4n) is 3.25. The number of rotatable bonds is 5. The highest BCUT2D eigenvalue weighted by molar-refractivity contribution is 7.89. The lowest BCUT2D eigenvalue weighted by Crippen LogP contribution is -2.27. The zero-order chi connectivity index (χ0) is 21.4. The maximum atomic E-state index is 12.8. The van der Waals surface area contributed by atoms with E-state index >= 15 is 0 Å². The van der Waals surface area contributed by atoms with Gasteiger partial charge in [0.2, 0.25) is 10.0 Å². The fraction of sp³-hybridized carbons (Fsp3) is 0.211. The first-order valence-electron chi connectivity index (χ1n) is 9.46. The molecule has 158 valence electrons. The molecule has 1 aromatic carbocycles. The van der Waals surface area contributed by atoms with Crippen LogP contribution in [0.15, 0.2) is 46.9 Å². The van der Waals surface area contributed by atoms with Gasteiger partial charge in [-0.1, -0.05) is 11.3 Å². The van der Waals surface area contributed by atoms with Gasteiger partial charge in [-0.05, 0) is 37.1 Å². The molecule has 0 bridgehead atoms. The van der Waals surface area contributed by atoms with Crippen LogP contribution in [0.3, 0.4) is 0 Å². The molecular weight excluding hydrogens is 456 g/mol. The molecule has 0 spiro atoms. The van der Waals surface area contributed by atoms with E-state index < -0.39 is 15.9 Å². The van der Waals surface area contributed by atoms with Gasteiger partial charge >= 0.3 is 0 Å². The third kappa shape index (κ3) is 3.94. The molecule has 1 aliphatic rings. The second-order valence-corrected chi connectivity index (χ2v) is 10.7. The van der Waals surface area contributed by atoms with Crippen LogP contribution in [0.2, 0.25) is 0 Å². The quantitative estimate of drug-likeness (QED) is 0.474. The van der Waals surface area contributed by atoms with Crippen molar-refractivity contribution in [2.45, 2.75) is 17.7 Å². The number of amides is 1. The zero-order valence-corrected chi connectivity index (χ0v) is 18.5. The van der Waals surface area contributed by atoms with Crippen molar-refractivity contribution >= 4 is 54.0 Å². The largest absolute Gasteiger partial charge is 0.296 e. The van der Waals surface area contributed by atoms with E-state index in [1.54, 1.807) is 42.0 Å². The normalized spacial score (nSPS) is 14.8. The second-order valence-electron chi connectivity index (χ2n) is 6.82. The van der Waals surface area contributed by atoms with Gasteiger partial charge in [0.25, 0.3) is 5.91 Å². The Morgan fingerprint density at radius 1 is 1.10 bits per heavy atom. The molecule has 3 aromatic heterocycles. The van der Waals surface area contributed by atoms with E-state index in [1.807, 2.05) is 0 Å². The average Bonchev–Trinajstić information content (AvgIpc) is 3.54. The van der Waals surface area contributed by atoms with Crippen molar-refractivity contribution in [1.82, 2.24) is 24.2 Å². The summed E-state index contributed by atoms with van der Waals surface area (Å²) in [5.74, 6) is 0.0562. The summed E-state index contributed by atoms with van der Waals surface area (Å²) < 4.78 is 27.8. The summed E-state index contributed by atoms with van der Waals surface area (Å²) in [6.45, 7) is 1.10. The van der Waals surface area contributed by atoms with E-state index in [0.29, 0.717) is 39.3 Å². The summed E-state index contributed by atoms with van der Waals surface area (Å²) in [5, 5.41) is 5.30. The van der Waals surface area contributed by atoms with Crippen LogP contribution in [-0.2, 0) is 10.0 Å². The van der Waals surface area contributed by atoms with E-state index in [2.05, 4.69) is 25.3 Å². The number of anilines is 1. The number of aromatic nitrogens is 4. The van der Waals surface area contributed by atoms with Gasteiger partial charge in [0, 0.05) is 30.9 Å². The minimum Gasteiger partial charge on any atom is -0.296 e. The van der Waals surface area contributed by atoms with Gasteiger partial charge in [0.15, 0.2) is 16.0 Å². The van der Waals surface area contributed by atoms with Gasteiger partial charge in [-0.15, -0.1) is 11.3 Å². The smallest absolute Gasteiger partial charge is 0.276 e. The molecule has 0 radical (unpaired) electrons. The molecule has 0 aliphatic carbocycles. The van der Waals surface area contributed by atoms with E-state index in [9.17, 15) is 13.2 Å². The predicted octanol–water partition coefficient (Wildman–Crippen LogP) is 3.25. The van der Waals surface area contributed by atoms with Crippen LogP contribution in [0.25, 0.3) is 21.0 Å². The molecule has 0 atom stereocenters. The zero-order valence-electron chi connectivity index (χ0n) is 16.1. The number of nitrogens with zero attached hydrogens (tertiary/aromatic N) is 5. The molecule has 0 saturated carbocycles. The van der Waals surface area contributed by atoms with Crippen LogP contribution in [0, 0.1) is 0 Å². The van der Waals surface area contributed by atoms with Crippen molar-refractivity contribution in [1.29, 1.82) is 0 Å². The highest BCUT2D eigenvalue weighted by atomic mass is 32.2. The number of thiazole rings is 2. The molecule has 9 nitrogen and oxygen atoms in total. The van der Waals surface area contributed by atoms with E-state index in [1.165, 1.54) is 27.0 Å². The standard InChI is InChI=1S/C19H16N6O3S3/c26-17(14-11-29-18(22-14)16-20-6-3-7-21-16)24-19-23-13-5-4-12(10-15(13)30-19)31(27,28)25-8-1-2-9-25/h3-7,10-11H,1-2,8-9H2,(H,23,24,26). The lowest BCUT2D eigenvalue weighted by molar-refractivity contribution is 0.102. The number of hydrogen-bond donors (Lipinski definition) is 1. The van der Waals surface area contributed by atoms with Crippen molar-refractivity contribution in [3.05, 3.63) is 47.7 Å². The first-order valence-corrected chi connectivity index (χ1v) is 12.6. The summed E-state index contributed by atoms with van der Waals surface area (Å²) in [6.07, 6.45) is 4.99. The summed E-state index contributed by atoms with van der Waals surface area (Å²) in [5.41, 5.74) is 0.862. The molecule has 1 fully saturated rings. The minimum absolute atomic E-state index is 0.240. The number of carbonyl (C=O) groups is 1. The van der Waals surface area contributed by atoms with Crippen LogP contribution in [-0.4, -0.2) is 51.7 Å². The molecule has 4 heterocycles. The maximum Gasteiger partial charge on any atom is 0.276 e. The van der Waals surface area contributed by atoms with Gasteiger partial charge in [-0.25, -0.2) is 28.4 Å². The molecule has 31 heavy (non-hydrogen) atoms. The van der Waals surface area contributed by atoms with Crippen molar-refractivity contribution in [3.63, 3.8) is 0 Å². The number of fused-ring (bicyclic) bond motifs is 1. The SMILES string of the molecule is O=C(Nc1nc2ccc(S(=O)(=O)N3CCCC3)cc2s1)c1csc(-c2ncccn2)n1. The van der Waals surface area contributed by atoms with Crippen LogP contribution < -0.4 is 5.32 Å². The van der Waals surface area contributed by atoms with E-state index in [0.717, 1.165) is 12.8 Å². The lowest BCUT2D eigenvalue weighted by atomic mass is 10.3. The average molecular weight is 473 g/mol.